The molecule has 0 N–H and O–H groups in total. The Balaban J connectivity index is 3.19. The van der Waals surface area contributed by atoms with Gasteiger partial charge in [0.05, 0.1) is 5.69 Å². The van der Waals surface area contributed by atoms with Crippen molar-refractivity contribution in [2.24, 2.45) is 4.99 Å². The van der Waals surface area contributed by atoms with Crippen LogP contribution in [-0.4, -0.2) is 6.08 Å². The fourth-order valence-electron chi connectivity index (χ4n) is 0.793. The molecule has 1 aromatic rings. The van der Waals surface area contributed by atoms with Crippen molar-refractivity contribution in [2.45, 2.75) is 6.92 Å². The molecule has 0 amide bonds. The summed E-state index contributed by atoms with van der Waals surface area (Å²) in [6.45, 7) is 1.89. The van der Waals surface area contributed by atoms with E-state index >= 15 is 0 Å². The highest BCUT2D eigenvalue weighted by molar-refractivity contribution is 9.10. The van der Waals surface area contributed by atoms with E-state index in [-0.39, 0.29) is 0 Å². The Kier molecular flexibility index (Phi) is 2.58. The molecule has 1 rings (SSSR count). The first-order valence-electron chi connectivity index (χ1n) is 3.08. The van der Waals surface area contributed by atoms with Gasteiger partial charge in [-0.3, -0.25) is 0 Å². The van der Waals surface area contributed by atoms with Crippen LogP contribution in [0.2, 0.25) is 0 Å². The number of hydrogen-bond acceptors (Lipinski definition) is 2. The first-order valence-corrected chi connectivity index (χ1v) is 3.87. The average Bonchev–Trinajstić information content (AvgIpc) is 1.95. The quantitative estimate of drug-likeness (QED) is 0.519. The molecule has 0 fully saturated rings. The lowest BCUT2D eigenvalue weighted by molar-refractivity contribution is 0.565. The van der Waals surface area contributed by atoms with Crippen molar-refractivity contribution in [3.05, 3.63) is 28.2 Å². The zero-order valence-electron chi connectivity index (χ0n) is 5.97. The summed E-state index contributed by atoms with van der Waals surface area (Å²) in [5, 5.41) is 0. The first-order chi connectivity index (χ1) is 5.24. The third kappa shape index (κ3) is 2.00. The lowest BCUT2D eigenvalue weighted by Gasteiger charge is -1.96. The molecule has 0 aliphatic heterocycles. The standard InChI is InChI=1S/C8H6BrNO/c1-6-4-7(9)2-3-8(6)10-5-11/h2-4H,1H3. The Hall–Kier alpha value is -0.920. The van der Waals surface area contributed by atoms with Crippen molar-refractivity contribution < 1.29 is 4.79 Å². The van der Waals surface area contributed by atoms with E-state index in [1.54, 1.807) is 6.07 Å². The molecule has 0 saturated carbocycles. The number of rotatable bonds is 1. The Morgan fingerprint density at radius 3 is 2.82 bits per heavy atom. The summed E-state index contributed by atoms with van der Waals surface area (Å²) in [7, 11) is 0. The number of carbonyl (C=O) groups excluding carboxylic acids is 1. The van der Waals surface area contributed by atoms with Gasteiger partial charge in [-0.25, -0.2) is 4.79 Å². The number of isocyanates is 1. The fourth-order valence-corrected chi connectivity index (χ4v) is 1.27. The maximum Gasteiger partial charge on any atom is 0.240 e. The van der Waals surface area contributed by atoms with E-state index in [9.17, 15) is 4.79 Å². The van der Waals surface area contributed by atoms with E-state index in [2.05, 4.69) is 20.9 Å². The number of aliphatic imine (C=N–C) groups is 1. The van der Waals surface area contributed by atoms with Gasteiger partial charge in [-0.2, -0.15) is 4.99 Å². The Bertz CT molecular complexity index is 316. The third-order valence-corrected chi connectivity index (χ3v) is 1.82. The second-order valence-corrected chi connectivity index (χ2v) is 3.05. The van der Waals surface area contributed by atoms with Gasteiger partial charge in [0, 0.05) is 4.47 Å². The van der Waals surface area contributed by atoms with Crippen molar-refractivity contribution in [3.8, 4) is 0 Å². The van der Waals surface area contributed by atoms with Crippen molar-refractivity contribution in [1.82, 2.24) is 0 Å². The lowest BCUT2D eigenvalue weighted by Crippen LogP contribution is -1.73. The first kappa shape index (κ1) is 8.18. The topological polar surface area (TPSA) is 29.4 Å². The molecule has 0 aliphatic rings. The maximum absolute atomic E-state index is 9.91. The second kappa shape index (κ2) is 3.46. The highest BCUT2D eigenvalue weighted by Gasteiger charge is 1.95. The number of nitrogens with zero attached hydrogens (tertiary/aromatic N) is 1. The zero-order chi connectivity index (χ0) is 8.27. The molecule has 2 nitrogen and oxygen atoms in total. The minimum Gasteiger partial charge on any atom is -0.211 e. The largest absolute Gasteiger partial charge is 0.240 e. The van der Waals surface area contributed by atoms with Crippen LogP contribution in [-0.2, 0) is 4.79 Å². The molecule has 0 aromatic heterocycles. The van der Waals surface area contributed by atoms with Crippen molar-refractivity contribution in [1.29, 1.82) is 0 Å². The van der Waals surface area contributed by atoms with Crippen LogP contribution in [0.1, 0.15) is 5.56 Å². The highest BCUT2D eigenvalue weighted by Crippen LogP contribution is 2.21. The molecule has 11 heavy (non-hydrogen) atoms. The summed E-state index contributed by atoms with van der Waals surface area (Å²) in [6.07, 6.45) is 1.50. The van der Waals surface area contributed by atoms with Gasteiger partial charge in [-0.05, 0) is 30.7 Å². The number of hydrogen-bond donors (Lipinski definition) is 0. The summed E-state index contributed by atoms with van der Waals surface area (Å²) < 4.78 is 0.986. The molecule has 0 spiro atoms. The van der Waals surface area contributed by atoms with Crippen LogP contribution >= 0.6 is 15.9 Å². The summed E-state index contributed by atoms with van der Waals surface area (Å²) in [5.74, 6) is 0. The highest BCUT2D eigenvalue weighted by atomic mass is 79.9. The molecule has 0 aliphatic carbocycles. The van der Waals surface area contributed by atoms with Crippen molar-refractivity contribution >= 4 is 27.7 Å². The molecule has 0 bridgehead atoms. The summed E-state index contributed by atoms with van der Waals surface area (Å²) in [4.78, 5) is 13.4. The van der Waals surface area contributed by atoms with Gasteiger partial charge in [0.1, 0.15) is 0 Å². The van der Waals surface area contributed by atoms with E-state index in [1.807, 2.05) is 19.1 Å². The van der Waals surface area contributed by atoms with Crippen LogP contribution in [0.3, 0.4) is 0 Å². The smallest absolute Gasteiger partial charge is 0.211 e. The van der Waals surface area contributed by atoms with Crippen LogP contribution in [0.5, 0.6) is 0 Å². The van der Waals surface area contributed by atoms with E-state index in [0.717, 1.165) is 10.0 Å². The Morgan fingerprint density at radius 1 is 1.55 bits per heavy atom. The van der Waals surface area contributed by atoms with Gasteiger partial charge in [-0.15, -0.1) is 0 Å². The van der Waals surface area contributed by atoms with Gasteiger partial charge in [0.25, 0.3) is 0 Å². The summed E-state index contributed by atoms with van der Waals surface area (Å²) in [5.41, 5.74) is 1.63. The predicted octanol–water partition coefficient (Wildman–Crippen LogP) is 2.72. The molecular weight excluding hydrogens is 206 g/mol. The minimum atomic E-state index is 0.670. The monoisotopic (exact) mass is 211 g/mol. The zero-order valence-corrected chi connectivity index (χ0v) is 7.55. The van der Waals surface area contributed by atoms with Gasteiger partial charge in [0.2, 0.25) is 6.08 Å². The minimum absolute atomic E-state index is 0.670. The van der Waals surface area contributed by atoms with Crippen LogP contribution < -0.4 is 0 Å². The molecule has 1 aromatic carbocycles. The molecule has 0 atom stereocenters. The molecule has 56 valence electrons. The SMILES string of the molecule is Cc1cc(Br)ccc1N=C=O. The van der Waals surface area contributed by atoms with E-state index in [4.69, 9.17) is 0 Å². The van der Waals surface area contributed by atoms with Crippen LogP contribution in [0.25, 0.3) is 0 Å². The second-order valence-electron chi connectivity index (χ2n) is 2.13. The predicted molar refractivity (Wildman–Crippen MR) is 46.7 cm³/mol. The van der Waals surface area contributed by atoms with Crippen molar-refractivity contribution in [3.63, 3.8) is 0 Å². The molecule has 0 radical (unpaired) electrons. The van der Waals surface area contributed by atoms with Crippen LogP contribution in [0, 0.1) is 6.92 Å². The van der Waals surface area contributed by atoms with Gasteiger partial charge < -0.3 is 0 Å². The number of aryl methyl sites for hydroxylation is 1. The molecule has 0 saturated heterocycles. The van der Waals surface area contributed by atoms with Gasteiger partial charge >= 0.3 is 0 Å². The van der Waals surface area contributed by atoms with E-state index in [0.29, 0.717) is 5.69 Å². The van der Waals surface area contributed by atoms with Crippen LogP contribution in [0.15, 0.2) is 27.7 Å². The normalized spacial score (nSPS) is 8.91. The van der Waals surface area contributed by atoms with Gasteiger partial charge in [0.15, 0.2) is 0 Å². The molecule has 0 heterocycles. The summed E-state index contributed by atoms with van der Waals surface area (Å²) in [6, 6.07) is 5.50. The Morgan fingerprint density at radius 2 is 2.27 bits per heavy atom. The number of halogens is 1. The number of benzene rings is 1. The average molecular weight is 212 g/mol. The molecule has 0 unspecified atom stereocenters. The third-order valence-electron chi connectivity index (χ3n) is 1.32. The summed E-state index contributed by atoms with van der Waals surface area (Å²) >= 11 is 3.31. The lowest BCUT2D eigenvalue weighted by atomic mass is 10.2. The Labute approximate surface area is 73.1 Å². The van der Waals surface area contributed by atoms with E-state index in [1.165, 1.54) is 6.08 Å². The fraction of sp³-hybridized carbons (Fsp3) is 0.125. The van der Waals surface area contributed by atoms with Crippen molar-refractivity contribution in [2.75, 3.05) is 0 Å². The molecular formula is C8H6BrNO. The maximum atomic E-state index is 9.91. The molecule has 3 heteroatoms. The van der Waals surface area contributed by atoms with E-state index < -0.39 is 0 Å². The van der Waals surface area contributed by atoms with Gasteiger partial charge in [-0.1, -0.05) is 15.9 Å². The van der Waals surface area contributed by atoms with Crippen LogP contribution in [0.4, 0.5) is 5.69 Å².